The summed E-state index contributed by atoms with van der Waals surface area (Å²) in [5, 5.41) is 4.49. The predicted octanol–water partition coefficient (Wildman–Crippen LogP) is 2.55. The molecule has 1 aromatic carbocycles. The van der Waals surface area contributed by atoms with Crippen molar-refractivity contribution in [2.45, 2.75) is 32.6 Å². The van der Waals surface area contributed by atoms with E-state index >= 15 is 0 Å². The fourth-order valence-electron chi connectivity index (χ4n) is 3.82. The van der Waals surface area contributed by atoms with E-state index in [1.165, 1.54) is 16.4 Å². The van der Waals surface area contributed by atoms with E-state index in [2.05, 4.69) is 15.1 Å². The average Bonchev–Trinajstić information content (AvgIpc) is 3.07. The highest BCUT2D eigenvalue weighted by atomic mass is 32.2. The van der Waals surface area contributed by atoms with Gasteiger partial charge in [0.25, 0.3) is 0 Å². The van der Waals surface area contributed by atoms with E-state index in [1.807, 2.05) is 37.8 Å². The quantitative estimate of drug-likeness (QED) is 0.615. The summed E-state index contributed by atoms with van der Waals surface area (Å²) in [6.45, 7) is 8.92. The van der Waals surface area contributed by atoms with Crippen LogP contribution in [0.4, 0.5) is 10.2 Å². The van der Waals surface area contributed by atoms with E-state index in [1.54, 1.807) is 11.6 Å². The van der Waals surface area contributed by atoms with Crippen molar-refractivity contribution in [1.82, 2.24) is 24.1 Å². The third-order valence-electron chi connectivity index (χ3n) is 5.37. The number of piperazine rings is 1. The molecule has 164 valence electrons. The lowest BCUT2D eigenvalue weighted by atomic mass is 10.2. The largest absolute Gasteiger partial charge is 0.354 e. The molecule has 4 rings (SSSR count). The molecule has 0 atom stereocenters. The highest BCUT2D eigenvalue weighted by Gasteiger charge is 2.30. The van der Waals surface area contributed by atoms with Gasteiger partial charge in [0.15, 0.2) is 5.82 Å². The predicted molar refractivity (Wildman–Crippen MR) is 115 cm³/mol. The number of benzene rings is 1. The Morgan fingerprint density at radius 1 is 0.903 bits per heavy atom. The van der Waals surface area contributed by atoms with Crippen LogP contribution in [-0.2, 0) is 10.0 Å². The van der Waals surface area contributed by atoms with Crippen molar-refractivity contribution in [2.75, 3.05) is 31.1 Å². The Morgan fingerprint density at radius 2 is 1.58 bits per heavy atom. The first-order chi connectivity index (χ1) is 14.6. The number of hydrogen-bond donors (Lipinski definition) is 0. The minimum atomic E-state index is -3.76. The van der Waals surface area contributed by atoms with Crippen molar-refractivity contribution >= 4 is 15.8 Å². The maximum Gasteiger partial charge on any atom is 0.243 e. The maximum absolute atomic E-state index is 13.7. The molecular weight excluding hydrogens is 419 g/mol. The molecule has 31 heavy (non-hydrogen) atoms. The summed E-state index contributed by atoms with van der Waals surface area (Å²) in [6, 6.07) is 7.70. The van der Waals surface area contributed by atoms with Crippen LogP contribution in [0.2, 0.25) is 0 Å². The summed E-state index contributed by atoms with van der Waals surface area (Å²) >= 11 is 0. The van der Waals surface area contributed by atoms with Gasteiger partial charge in [-0.1, -0.05) is 6.07 Å². The molecule has 0 unspecified atom stereocenters. The van der Waals surface area contributed by atoms with Gasteiger partial charge in [-0.3, -0.25) is 0 Å². The van der Waals surface area contributed by atoms with E-state index in [4.69, 9.17) is 0 Å². The zero-order valence-corrected chi connectivity index (χ0v) is 18.8. The van der Waals surface area contributed by atoms with Crippen LogP contribution in [0.5, 0.6) is 0 Å². The van der Waals surface area contributed by atoms with Crippen LogP contribution in [0.1, 0.15) is 22.8 Å². The number of sulfonamides is 1. The summed E-state index contributed by atoms with van der Waals surface area (Å²) in [5.41, 5.74) is 2.41. The Kier molecular flexibility index (Phi) is 5.52. The summed E-state index contributed by atoms with van der Waals surface area (Å²) in [4.78, 5) is 11.1. The van der Waals surface area contributed by atoms with E-state index in [9.17, 15) is 12.8 Å². The molecule has 3 heterocycles. The van der Waals surface area contributed by atoms with Crippen molar-refractivity contribution in [2.24, 2.45) is 0 Å². The number of halogens is 1. The van der Waals surface area contributed by atoms with E-state index in [-0.39, 0.29) is 18.0 Å². The Morgan fingerprint density at radius 3 is 2.23 bits per heavy atom. The molecule has 0 saturated carbocycles. The smallest absolute Gasteiger partial charge is 0.243 e. The lowest BCUT2D eigenvalue weighted by Crippen LogP contribution is -2.49. The normalized spacial score (nSPS) is 15.5. The summed E-state index contributed by atoms with van der Waals surface area (Å²) < 4.78 is 42.9. The number of aryl methyl sites for hydroxylation is 4. The molecule has 8 nitrogen and oxygen atoms in total. The third-order valence-corrected chi connectivity index (χ3v) is 7.41. The number of rotatable bonds is 4. The molecule has 1 fully saturated rings. The second-order valence-electron chi connectivity index (χ2n) is 7.77. The molecule has 0 aliphatic carbocycles. The summed E-state index contributed by atoms with van der Waals surface area (Å²) in [6.07, 6.45) is 0. The zero-order chi connectivity index (χ0) is 22.3. The van der Waals surface area contributed by atoms with Crippen molar-refractivity contribution in [3.63, 3.8) is 0 Å². The maximum atomic E-state index is 13.7. The van der Waals surface area contributed by atoms with E-state index < -0.39 is 15.8 Å². The second-order valence-corrected chi connectivity index (χ2v) is 9.68. The van der Waals surface area contributed by atoms with Gasteiger partial charge in [0.1, 0.15) is 17.5 Å². The first-order valence-corrected chi connectivity index (χ1v) is 11.5. The van der Waals surface area contributed by atoms with Crippen LogP contribution < -0.4 is 4.90 Å². The van der Waals surface area contributed by atoms with Crippen LogP contribution in [0.15, 0.2) is 35.2 Å². The first-order valence-electron chi connectivity index (χ1n) is 10.1. The van der Waals surface area contributed by atoms with E-state index in [0.717, 1.165) is 23.3 Å². The Balaban J connectivity index is 1.55. The minimum absolute atomic E-state index is 0.0191. The number of anilines is 1. The van der Waals surface area contributed by atoms with Gasteiger partial charge >= 0.3 is 0 Å². The SMILES string of the molecule is Cc1cc(C)n(-c2cc(N3CCN(S(=O)(=O)c4cc(F)ccc4C)CC3)nc(C)n2)n1. The molecule has 3 aromatic rings. The molecule has 1 saturated heterocycles. The number of aromatic nitrogens is 4. The van der Waals surface area contributed by atoms with Crippen molar-refractivity contribution in [3.05, 3.63) is 58.9 Å². The summed E-state index contributed by atoms with van der Waals surface area (Å²) in [5.74, 6) is 1.47. The van der Waals surface area contributed by atoms with Gasteiger partial charge < -0.3 is 4.90 Å². The third kappa shape index (κ3) is 4.17. The van der Waals surface area contributed by atoms with Crippen LogP contribution in [-0.4, -0.2) is 58.7 Å². The van der Waals surface area contributed by atoms with Gasteiger partial charge in [-0.2, -0.15) is 9.40 Å². The van der Waals surface area contributed by atoms with Crippen molar-refractivity contribution < 1.29 is 12.8 Å². The number of nitrogens with zero attached hydrogens (tertiary/aromatic N) is 6. The molecule has 0 spiro atoms. The highest BCUT2D eigenvalue weighted by Crippen LogP contribution is 2.24. The Bertz CT molecular complexity index is 1230. The Labute approximate surface area is 181 Å². The van der Waals surface area contributed by atoms with Gasteiger partial charge in [-0.15, -0.1) is 0 Å². The van der Waals surface area contributed by atoms with Crippen LogP contribution in [0.3, 0.4) is 0 Å². The standard InChI is InChI=1S/C21H25FN6O2S/c1-14-5-6-18(22)12-19(14)31(29,30)27-9-7-26(8-10-27)20-13-21(24-17(4)23-20)28-16(3)11-15(2)25-28/h5-6,11-13H,7-10H2,1-4H3. The van der Waals surface area contributed by atoms with Crippen LogP contribution in [0, 0.1) is 33.5 Å². The molecule has 0 N–H and O–H groups in total. The topological polar surface area (TPSA) is 84.2 Å². The molecule has 0 amide bonds. The molecule has 0 bridgehead atoms. The lowest BCUT2D eigenvalue weighted by molar-refractivity contribution is 0.383. The fourth-order valence-corrected chi connectivity index (χ4v) is 5.48. The van der Waals surface area contributed by atoms with Crippen molar-refractivity contribution in [1.29, 1.82) is 0 Å². The van der Waals surface area contributed by atoms with Gasteiger partial charge in [0.2, 0.25) is 10.0 Å². The Hall–Kier alpha value is -2.85. The van der Waals surface area contributed by atoms with Gasteiger partial charge in [0, 0.05) is 37.9 Å². The summed E-state index contributed by atoms with van der Waals surface area (Å²) in [7, 11) is -3.76. The second kappa shape index (κ2) is 8.01. The lowest BCUT2D eigenvalue weighted by Gasteiger charge is -2.35. The van der Waals surface area contributed by atoms with Gasteiger partial charge in [-0.05, 0) is 51.5 Å². The fraction of sp³-hybridized carbons (Fsp3) is 0.381. The molecule has 10 heteroatoms. The van der Waals surface area contributed by atoms with Crippen LogP contribution >= 0.6 is 0 Å². The highest BCUT2D eigenvalue weighted by molar-refractivity contribution is 7.89. The number of hydrogen-bond acceptors (Lipinski definition) is 6. The molecule has 0 radical (unpaired) electrons. The molecule has 1 aliphatic rings. The molecular formula is C21H25FN6O2S. The molecule has 1 aliphatic heterocycles. The van der Waals surface area contributed by atoms with Gasteiger partial charge in [-0.25, -0.2) is 27.5 Å². The minimum Gasteiger partial charge on any atom is -0.354 e. The monoisotopic (exact) mass is 444 g/mol. The van der Waals surface area contributed by atoms with Gasteiger partial charge in [0.05, 0.1) is 10.6 Å². The first kappa shape index (κ1) is 21.4. The van der Waals surface area contributed by atoms with Crippen LogP contribution in [0.25, 0.3) is 5.82 Å². The molecule has 2 aromatic heterocycles. The zero-order valence-electron chi connectivity index (χ0n) is 18.0. The van der Waals surface area contributed by atoms with Crippen molar-refractivity contribution in [3.8, 4) is 5.82 Å². The van der Waals surface area contributed by atoms with E-state index in [0.29, 0.717) is 30.3 Å². The average molecular weight is 445 g/mol.